The van der Waals surface area contributed by atoms with Crippen LogP contribution in [0.1, 0.15) is 73.6 Å². The van der Waals surface area contributed by atoms with Gasteiger partial charge in [-0.15, -0.1) is 0 Å². The van der Waals surface area contributed by atoms with Crippen molar-refractivity contribution in [3.63, 3.8) is 0 Å². The number of fused-ring (bicyclic) bond motifs is 2. The molecule has 5 nitrogen and oxygen atoms in total. The molecule has 6 rings (SSSR count). The summed E-state index contributed by atoms with van der Waals surface area (Å²) in [6, 6.07) is 17.1. The van der Waals surface area contributed by atoms with Crippen molar-refractivity contribution >= 4 is 5.78 Å². The summed E-state index contributed by atoms with van der Waals surface area (Å²) in [5, 5.41) is 15.6. The van der Waals surface area contributed by atoms with Crippen LogP contribution in [0.5, 0.6) is 0 Å². The average molecular weight is 526 g/mol. The number of nitrogens with two attached hydrogens (primary N) is 1. The number of carbonyl (C=O) groups is 1. The molecule has 3 aliphatic carbocycles. The van der Waals surface area contributed by atoms with E-state index in [1.807, 2.05) is 59.3 Å². The Morgan fingerprint density at radius 1 is 1.00 bits per heavy atom. The minimum atomic E-state index is -0.00122. The number of benzene rings is 2. The number of carbonyl (C=O) groups excluding carboxylic acids is 1. The minimum absolute atomic E-state index is 0.00122. The summed E-state index contributed by atoms with van der Waals surface area (Å²) in [7, 11) is 0. The second kappa shape index (κ2) is 10.0. The highest BCUT2D eigenvalue weighted by molar-refractivity contribution is 6.09. The predicted molar refractivity (Wildman–Crippen MR) is 155 cm³/mol. The summed E-state index contributed by atoms with van der Waals surface area (Å²) < 4.78 is 1.96. The van der Waals surface area contributed by atoms with Crippen LogP contribution in [-0.4, -0.2) is 33.8 Å². The van der Waals surface area contributed by atoms with Gasteiger partial charge in [0.05, 0.1) is 11.4 Å². The fourth-order valence-electron chi connectivity index (χ4n) is 8.84. The van der Waals surface area contributed by atoms with Crippen molar-refractivity contribution in [3.05, 3.63) is 83.2 Å². The molecule has 0 radical (unpaired) electrons. The molecule has 1 heterocycles. The van der Waals surface area contributed by atoms with Gasteiger partial charge in [0.2, 0.25) is 0 Å². The molecule has 3 N–H and O–H groups in total. The van der Waals surface area contributed by atoms with Gasteiger partial charge >= 0.3 is 0 Å². The predicted octanol–water partition coefficient (Wildman–Crippen LogP) is 5.85. The quantitative estimate of drug-likeness (QED) is 0.395. The van der Waals surface area contributed by atoms with Gasteiger partial charge < -0.3 is 10.8 Å². The second-order valence-electron chi connectivity index (χ2n) is 13.2. The van der Waals surface area contributed by atoms with Crippen LogP contribution in [0.25, 0.3) is 5.69 Å². The third-order valence-corrected chi connectivity index (χ3v) is 11.5. The van der Waals surface area contributed by atoms with Crippen molar-refractivity contribution < 1.29 is 9.90 Å². The van der Waals surface area contributed by atoms with E-state index < -0.39 is 0 Å². The van der Waals surface area contributed by atoms with Gasteiger partial charge in [-0.25, -0.2) is 4.68 Å². The van der Waals surface area contributed by atoms with Crippen molar-refractivity contribution in [2.45, 2.75) is 59.3 Å². The summed E-state index contributed by atoms with van der Waals surface area (Å²) in [4.78, 5) is 12.8. The molecule has 39 heavy (non-hydrogen) atoms. The molecule has 1 aromatic heterocycles. The molecule has 0 aliphatic heterocycles. The Morgan fingerprint density at radius 2 is 1.69 bits per heavy atom. The number of hydrogen-bond acceptors (Lipinski definition) is 4. The highest BCUT2D eigenvalue weighted by Crippen LogP contribution is 2.63. The van der Waals surface area contributed by atoms with Crippen LogP contribution >= 0.6 is 0 Å². The maximum atomic E-state index is 12.8. The number of aliphatic hydroxyl groups is 1. The zero-order valence-corrected chi connectivity index (χ0v) is 23.6. The monoisotopic (exact) mass is 525 g/mol. The first-order chi connectivity index (χ1) is 18.8. The van der Waals surface area contributed by atoms with Gasteiger partial charge in [0, 0.05) is 23.9 Å². The SMILES string of the molecule is C[C@H]1CC[C@H]2[C@H](CN)[C@@H]([C@@]3(C)Cc4cn(-c5ccc(C(=O)c6ccccc6)cc5)nc4C[C@@H]3CO)CC[C@]12C. The first kappa shape index (κ1) is 26.5. The minimum Gasteiger partial charge on any atom is -0.396 e. The lowest BCUT2D eigenvalue weighted by atomic mass is 9.49. The number of hydrogen-bond donors (Lipinski definition) is 2. The summed E-state index contributed by atoms with van der Waals surface area (Å²) in [6.07, 6.45) is 8.99. The van der Waals surface area contributed by atoms with Crippen molar-refractivity contribution in [3.8, 4) is 5.69 Å². The largest absolute Gasteiger partial charge is 0.396 e. The van der Waals surface area contributed by atoms with Gasteiger partial charge in [-0.3, -0.25) is 4.79 Å². The number of aliphatic hydroxyl groups excluding tert-OH is 1. The van der Waals surface area contributed by atoms with Crippen LogP contribution < -0.4 is 5.73 Å². The van der Waals surface area contributed by atoms with Crippen molar-refractivity contribution in [1.82, 2.24) is 9.78 Å². The molecular formula is C34H43N3O2. The van der Waals surface area contributed by atoms with E-state index in [0.29, 0.717) is 34.3 Å². The van der Waals surface area contributed by atoms with Crippen LogP contribution in [0.15, 0.2) is 60.8 Å². The van der Waals surface area contributed by atoms with Crippen molar-refractivity contribution in [2.24, 2.45) is 46.2 Å². The topological polar surface area (TPSA) is 81.1 Å². The lowest BCUT2D eigenvalue weighted by Crippen LogP contribution is -2.53. The Labute approximate surface area is 232 Å². The molecule has 2 aromatic carbocycles. The zero-order chi connectivity index (χ0) is 27.4. The summed E-state index contributed by atoms with van der Waals surface area (Å²) in [5.41, 5.74) is 11.7. The number of aromatic nitrogens is 2. The molecule has 5 heteroatoms. The van der Waals surface area contributed by atoms with E-state index in [9.17, 15) is 9.90 Å². The maximum Gasteiger partial charge on any atom is 0.193 e. The molecule has 0 spiro atoms. The molecular weight excluding hydrogens is 482 g/mol. The van der Waals surface area contributed by atoms with Crippen LogP contribution in [-0.2, 0) is 12.8 Å². The number of ketones is 1. The lowest BCUT2D eigenvalue weighted by molar-refractivity contribution is -0.0689. The third-order valence-electron chi connectivity index (χ3n) is 11.5. The van der Waals surface area contributed by atoms with Gasteiger partial charge in [0.15, 0.2) is 5.78 Å². The van der Waals surface area contributed by atoms with Crippen molar-refractivity contribution in [1.29, 1.82) is 0 Å². The Morgan fingerprint density at radius 3 is 2.38 bits per heavy atom. The standard InChI is InChI=1S/C34H43N3O2/c1-22-9-14-29-28(19-35)30(15-16-33(22,29)2)34(3)18-25-20-37(36-31(25)17-26(34)21-38)27-12-10-24(11-13-27)32(39)23-7-5-4-6-8-23/h4-8,10-13,20,22,26,28-30,38H,9,14-19,21,35H2,1-3H3/t22-,26+,28-,29-,30-,33+,34-/m0/s1. The van der Waals surface area contributed by atoms with Gasteiger partial charge in [-0.2, -0.15) is 5.10 Å². The Bertz CT molecular complexity index is 1330. The van der Waals surface area contributed by atoms with E-state index >= 15 is 0 Å². The Kier molecular flexibility index (Phi) is 6.79. The fraction of sp³-hybridized carbons (Fsp3) is 0.529. The molecule has 3 aliphatic rings. The molecule has 3 aromatic rings. The average Bonchev–Trinajstić information content (AvgIpc) is 3.51. The smallest absolute Gasteiger partial charge is 0.193 e. The van der Waals surface area contributed by atoms with E-state index in [0.717, 1.165) is 36.7 Å². The molecule has 2 fully saturated rings. The first-order valence-corrected chi connectivity index (χ1v) is 14.9. The van der Waals surface area contributed by atoms with E-state index in [1.165, 1.54) is 31.2 Å². The van der Waals surface area contributed by atoms with E-state index in [1.54, 1.807) is 0 Å². The fourth-order valence-corrected chi connectivity index (χ4v) is 8.84. The van der Waals surface area contributed by atoms with Crippen LogP contribution in [0.2, 0.25) is 0 Å². The first-order valence-electron chi connectivity index (χ1n) is 14.9. The molecule has 0 bridgehead atoms. The molecule has 0 saturated heterocycles. The third kappa shape index (κ3) is 4.29. The Hall–Kier alpha value is -2.76. The highest BCUT2D eigenvalue weighted by Gasteiger charge is 2.57. The number of nitrogens with zero attached hydrogens (tertiary/aromatic N) is 2. The molecule has 206 valence electrons. The Balaban J connectivity index is 1.26. The van der Waals surface area contributed by atoms with Crippen LogP contribution in [0, 0.1) is 40.4 Å². The summed E-state index contributed by atoms with van der Waals surface area (Å²) >= 11 is 0. The van der Waals surface area contributed by atoms with Crippen LogP contribution in [0.4, 0.5) is 0 Å². The van der Waals surface area contributed by atoms with Crippen molar-refractivity contribution in [2.75, 3.05) is 13.2 Å². The lowest BCUT2D eigenvalue weighted by Gasteiger charge is -2.56. The second-order valence-corrected chi connectivity index (χ2v) is 13.2. The normalized spacial score (nSPS) is 33.9. The van der Waals surface area contributed by atoms with Gasteiger partial charge in [0.1, 0.15) is 0 Å². The molecule has 0 unspecified atom stereocenters. The van der Waals surface area contributed by atoms with Gasteiger partial charge in [-0.05, 0) is 115 Å². The highest BCUT2D eigenvalue weighted by atomic mass is 16.3. The molecule has 2 saturated carbocycles. The number of rotatable bonds is 6. The summed E-state index contributed by atoms with van der Waals surface area (Å²) in [5.74, 6) is 2.69. The van der Waals surface area contributed by atoms with Crippen LogP contribution in [0.3, 0.4) is 0 Å². The zero-order valence-electron chi connectivity index (χ0n) is 23.6. The molecule has 7 atom stereocenters. The molecule has 0 amide bonds. The van der Waals surface area contributed by atoms with E-state index in [4.69, 9.17) is 10.8 Å². The van der Waals surface area contributed by atoms with Gasteiger partial charge in [-0.1, -0.05) is 51.1 Å². The van der Waals surface area contributed by atoms with E-state index in [-0.39, 0.29) is 23.7 Å². The van der Waals surface area contributed by atoms with E-state index in [2.05, 4.69) is 27.0 Å². The summed E-state index contributed by atoms with van der Waals surface area (Å²) in [6.45, 7) is 8.31. The van der Waals surface area contributed by atoms with Gasteiger partial charge in [0.25, 0.3) is 0 Å². The maximum absolute atomic E-state index is 12.8.